The van der Waals surface area contributed by atoms with Crippen molar-refractivity contribution in [3.63, 3.8) is 0 Å². The molecule has 0 amide bonds. The van der Waals surface area contributed by atoms with Crippen LogP contribution >= 0.6 is 0 Å². The van der Waals surface area contributed by atoms with Crippen LogP contribution in [0.15, 0.2) is 102 Å². The Morgan fingerprint density at radius 3 is 0.914 bits per heavy atom. The van der Waals surface area contributed by atoms with Crippen LogP contribution < -0.4 is 9.98 Å². The molecule has 0 heterocycles. The average Bonchev–Trinajstić information content (AvgIpc) is 3.09. The summed E-state index contributed by atoms with van der Waals surface area (Å²) in [6.07, 6.45) is 4.22. The molecule has 0 saturated carbocycles. The number of hydrogen-bond acceptors (Lipinski definition) is 0. The van der Waals surface area contributed by atoms with Gasteiger partial charge in [-0.2, -0.15) is 47.8 Å². The predicted molar refractivity (Wildman–Crippen MR) is 257 cm³/mol. The van der Waals surface area contributed by atoms with Gasteiger partial charge in [-0.3, -0.25) is 0 Å². The second-order valence-electron chi connectivity index (χ2n) is 15.5. The van der Waals surface area contributed by atoms with Crippen LogP contribution in [0.1, 0.15) is 95.9 Å². The first-order valence-electron chi connectivity index (χ1n) is 19.6. The van der Waals surface area contributed by atoms with E-state index in [2.05, 4.69) is 188 Å². The Balaban J connectivity index is 0.000000953. The fourth-order valence-electron chi connectivity index (χ4n) is 7.30. The molecule has 2 N–H and O–H groups in total. The summed E-state index contributed by atoms with van der Waals surface area (Å²) in [4.78, 5) is 7.08. The largest absolute Gasteiger partial charge is 2.00 e. The minimum Gasteiger partial charge on any atom is -1.00 e. The molecule has 0 radical (unpaired) electrons. The number of aryl methyl sites for hydroxylation is 12. The fourth-order valence-corrected chi connectivity index (χ4v) is 7.30. The smallest absolute Gasteiger partial charge is 1.00 e. The van der Waals surface area contributed by atoms with Crippen LogP contribution in [-0.2, 0) is 0 Å². The Kier molecular flexibility index (Phi) is 22.3. The Morgan fingerprint density at radius 2 is 0.690 bits per heavy atom. The average molecular weight is 796 g/mol. The second kappa shape index (κ2) is 24.9. The summed E-state index contributed by atoms with van der Waals surface area (Å²) in [5.41, 5.74) is 23.9. The van der Waals surface area contributed by atoms with Crippen LogP contribution in [-0.4, -0.2) is 57.5 Å². The molecule has 4 nitrogen and oxygen atoms in total. The first kappa shape index (κ1) is 52.1. The van der Waals surface area contributed by atoms with Crippen LogP contribution in [0.25, 0.3) is 10.6 Å². The van der Waals surface area contributed by atoms with E-state index in [0.717, 1.165) is 34.2 Å². The van der Waals surface area contributed by atoms with Crippen molar-refractivity contribution in [1.82, 2.24) is 0 Å². The molecule has 0 bridgehead atoms. The molecule has 5 rings (SSSR count). The van der Waals surface area contributed by atoms with Crippen LogP contribution in [0.2, 0.25) is 0 Å². The molecule has 0 aliphatic heterocycles. The van der Waals surface area contributed by atoms with E-state index in [1.165, 1.54) is 78.1 Å². The van der Waals surface area contributed by atoms with Crippen molar-refractivity contribution in [3.05, 3.63) is 186 Å². The van der Waals surface area contributed by atoms with Crippen LogP contribution in [0.5, 0.6) is 0 Å². The summed E-state index contributed by atoms with van der Waals surface area (Å²) >= 11 is 0. The molecule has 296 valence electrons. The van der Waals surface area contributed by atoms with E-state index in [1.54, 1.807) is 0 Å². The van der Waals surface area contributed by atoms with E-state index < -0.39 is 0 Å². The Bertz CT molecular complexity index is 2000. The van der Waals surface area contributed by atoms with Crippen molar-refractivity contribution in [1.29, 1.82) is 0 Å². The maximum Gasteiger partial charge on any atom is 2.00 e. The Labute approximate surface area is 385 Å². The van der Waals surface area contributed by atoms with E-state index in [1.807, 2.05) is 30.3 Å². The van der Waals surface area contributed by atoms with E-state index in [-0.39, 0.29) is 47.5 Å². The standard InChI is InChI=1S/2C23H29N2.C6H5.2Mg.H/c2*1-14-9-16(3)22(17(4)10-14)24-20(7)13-21(8)25-23-18(5)11-15(2)12-19(23)6;1-2-4-6-5-3-1;;;/h2*9-13H,1-8H3;1-5H;;;/q3*-1;2*+2;-1/p+2/b2*20-13-,25-21?;;;;. The number of allylic oxidation sites excluding steroid dienone is 4. The van der Waals surface area contributed by atoms with E-state index >= 15 is 0 Å². The predicted octanol–water partition coefficient (Wildman–Crippen LogP) is 11.5. The molecule has 5 aromatic rings. The first-order chi connectivity index (χ1) is 26.3. The molecule has 5 aromatic carbocycles. The summed E-state index contributed by atoms with van der Waals surface area (Å²) in [6, 6.07) is 30.1. The molecular weight excluding hydrogens is 729 g/mol. The van der Waals surface area contributed by atoms with E-state index in [0.29, 0.717) is 0 Å². The van der Waals surface area contributed by atoms with Crippen molar-refractivity contribution in [2.75, 3.05) is 0 Å². The SMILES string of the molecule is CC(/C=C(/C)[N-]c1c(C)cc(C)cc1C)=[NH+]c1c(C)cc(C)cc1C.CC(/C=C(/C)[N-]c1c(C)cc(C)cc1C)=[NH+]c1c(C)cc(C)cc1C.[H-].[Mg+2].[Mg+2].[c-]1ccccc1. The molecule has 0 aromatic heterocycles. The Morgan fingerprint density at radius 1 is 0.431 bits per heavy atom. The molecule has 6 heteroatoms. The molecular formula is C52H66Mg2N4+2. The normalized spacial score (nSPS) is 11.6. The second-order valence-corrected chi connectivity index (χ2v) is 15.5. The molecule has 0 fully saturated rings. The zero-order valence-corrected chi connectivity index (χ0v) is 41.3. The number of nitrogens with zero attached hydrogens (tertiary/aromatic N) is 2. The van der Waals surface area contributed by atoms with Crippen molar-refractivity contribution < 1.29 is 11.4 Å². The summed E-state index contributed by atoms with van der Waals surface area (Å²) in [5, 5.41) is 9.68. The summed E-state index contributed by atoms with van der Waals surface area (Å²) in [7, 11) is 0. The van der Waals surface area contributed by atoms with Gasteiger partial charge >= 0.3 is 46.1 Å². The summed E-state index contributed by atoms with van der Waals surface area (Å²) in [6.45, 7) is 33.9. The topological polar surface area (TPSA) is 56.1 Å². The molecule has 0 saturated heterocycles. The van der Waals surface area contributed by atoms with Gasteiger partial charge < -0.3 is 12.1 Å². The molecule has 58 heavy (non-hydrogen) atoms. The van der Waals surface area contributed by atoms with Crippen molar-refractivity contribution in [2.45, 2.75) is 111 Å². The number of rotatable bonds is 8. The van der Waals surface area contributed by atoms with Gasteiger partial charge in [-0.1, -0.05) is 82.6 Å². The van der Waals surface area contributed by atoms with Gasteiger partial charge in [0.1, 0.15) is 0 Å². The molecule has 0 aliphatic carbocycles. The van der Waals surface area contributed by atoms with Crippen molar-refractivity contribution in [3.8, 4) is 0 Å². The molecule has 0 spiro atoms. The van der Waals surface area contributed by atoms with Crippen LogP contribution in [0.3, 0.4) is 0 Å². The minimum atomic E-state index is 0. The quantitative estimate of drug-likeness (QED) is 0.0893. The molecule has 0 aliphatic rings. The minimum absolute atomic E-state index is 0. The third kappa shape index (κ3) is 16.7. The van der Waals surface area contributed by atoms with Gasteiger partial charge in [-0.25, -0.2) is 9.98 Å². The first-order valence-corrected chi connectivity index (χ1v) is 19.6. The van der Waals surface area contributed by atoms with Gasteiger partial charge in [0.2, 0.25) is 11.4 Å². The molecule has 0 unspecified atom stereocenters. The third-order valence-corrected chi connectivity index (χ3v) is 9.30. The summed E-state index contributed by atoms with van der Waals surface area (Å²) in [5.74, 6) is 0. The number of nitrogens with one attached hydrogen (secondary N) is 2. The maximum absolute atomic E-state index is 4.84. The van der Waals surface area contributed by atoms with Crippen LogP contribution in [0.4, 0.5) is 22.7 Å². The zero-order valence-electron chi connectivity index (χ0n) is 39.5. The van der Waals surface area contributed by atoms with Gasteiger partial charge in [0.25, 0.3) is 0 Å². The van der Waals surface area contributed by atoms with Gasteiger partial charge in [0, 0.05) is 36.1 Å². The van der Waals surface area contributed by atoms with Gasteiger partial charge in [-0.15, -0.1) is 11.4 Å². The van der Waals surface area contributed by atoms with Crippen molar-refractivity contribution >= 4 is 80.3 Å². The zero-order chi connectivity index (χ0) is 41.7. The fraction of sp³-hybridized carbons (Fsp3) is 0.308. The van der Waals surface area contributed by atoms with E-state index in [9.17, 15) is 0 Å². The molecule has 0 atom stereocenters. The Hall–Kier alpha value is -3.95. The maximum atomic E-state index is 4.84. The third-order valence-electron chi connectivity index (χ3n) is 9.30. The van der Waals surface area contributed by atoms with Gasteiger partial charge in [-0.05, 0) is 120 Å². The summed E-state index contributed by atoms with van der Waals surface area (Å²) < 4.78 is 0. The van der Waals surface area contributed by atoms with Crippen molar-refractivity contribution in [2.24, 2.45) is 0 Å². The monoisotopic (exact) mass is 794 g/mol. The van der Waals surface area contributed by atoms with Crippen LogP contribution in [0, 0.1) is 89.2 Å². The number of hydrogen-bond donors (Lipinski definition) is 2. The number of benzene rings is 5. The van der Waals surface area contributed by atoms with E-state index in [4.69, 9.17) is 10.6 Å². The van der Waals surface area contributed by atoms with Gasteiger partial charge in [0.05, 0.1) is 0 Å². The van der Waals surface area contributed by atoms with Gasteiger partial charge in [0.15, 0.2) is 11.4 Å².